The van der Waals surface area contributed by atoms with Gasteiger partial charge in [0.25, 0.3) is 0 Å². The third-order valence-electron chi connectivity index (χ3n) is 5.37. The summed E-state index contributed by atoms with van der Waals surface area (Å²) in [5.41, 5.74) is 3.28. The Morgan fingerprint density at radius 1 is 1.35 bits per heavy atom. The van der Waals surface area contributed by atoms with Crippen LogP contribution < -0.4 is 0 Å². The zero-order valence-electron chi connectivity index (χ0n) is 13.9. The summed E-state index contributed by atoms with van der Waals surface area (Å²) >= 11 is 0. The van der Waals surface area contributed by atoms with Gasteiger partial charge in [0.05, 0.1) is 18.1 Å². The molecule has 3 rings (SSSR count). The average Bonchev–Trinajstić information content (AvgIpc) is 3.17. The van der Waals surface area contributed by atoms with Gasteiger partial charge >= 0.3 is 5.97 Å². The summed E-state index contributed by atoms with van der Waals surface area (Å²) in [5, 5.41) is 0. The Balaban J connectivity index is 1.76. The molecule has 122 valence electrons. The van der Waals surface area contributed by atoms with Crippen LogP contribution in [0.2, 0.25) is 0 Å². The van der Waals surface area contributed by atoms with Gasteiger partial charge in [-0.1, -0.05) is 32.1 Å². The molecule has 3 heteroatoms. The molecule has 1 aromatic heterocycles. The second-order valence-corrected chi connectivity index (χ2v) is 6.89. The lowest BCUT2D eigenvalue weighted by Gasteiger charge is -2.33. The van der Waals surface area contributed by atoms with Gasteiger partial charge in [-0.3, -0.25) is 0 Å². The van der Waals surface area contributed by atoms with E-state index < -0.39 is 0 Å². The molecular formula is C20H24O3. The molecule has 3 nitrogen and oxygen atoms in total. The van der Waals surface area contributed by atoms with Gasteiger partial charge in [-0.15, -0.1) is 0 Å². The number of esters is 1. The van der Waals surface area contributed by atoms with E-state index in [0.29, 0.717) is 12.5 Å². The first-order valence-electron chi connectivity index (χ1n) is 8.34. The van der Waals surface area contributed by atoms with Crippen LogP contribution in [0.1, 0.15) is 38.7 Å². The Morgan fingerprint density at radius 3 is 3.00 bits per heavy atom. The van der Waals surface area contributed by atoms with Crippen LogP contribution in [-0.4, -0.2) is 12.6 Å². The van der Waals surface area contributed by atoms with Crippen LogP contribution in [0, 0.1) is 11.3 Å². The predicted octanol–water partition coefficient (Wildman–Crippen LogP) is 4.61. The van der Waals surface area contributed by atoms with Crippen LogP contribution in [0.5, 0.6) is 0 Å². The van der Waals surface area contributed by atoms with E-state index in [2.05, 4.69) is 26.0 Å². The number of carbonyl (C=O) groups excluding carboxylic acids is 1. The largest absolute Gasteiger partial charge is 0.472 e. The third-order valence-corrected chi connectivity index (χ3v) is 5.37. The Kier molecular flexibility index (Phi) is 4.56. The van der Waals surface area contributed by atoms with Gasteiger partial charge in [0.2, 0.25) is 0 Å². The Morgan fingerprint density at radius 2 is 2.22 bits per heavy atom. The molecule has 0 aromatic carbocycles. The summed E-state index contributed by atoms with van der Waals surface area (Å²) in [6.45, 7) is 5.10. The maximum absolute atomic E-state index is 11.8. The number of aryl methyl sites for hydroxylation is 1. The molecule has 0 unspecified atom stereocenters. The molecule has 2 atom stereocenters. The minimum atomic E-state index is -0.180. The van der Waals surface area contributed by atoms with Crippen LogP contribution >= 0.6 is 0 Å². The van der Waals surface area contributed by atoms with Crippen LogP contribution in [0.25, 0.3) is 0 Å². The highest BCUT2D eigenvalue weighted by atomic mass is 16.5. The molecule has 0 saturated heterocycles. The lowest BCUT2D eigenvalue weighted by atomic mass is 9.71. The van der Waals surface area contributed by atoms with Crippen molar-refractivity contribution in [2.24, 2.45) is 11.3 Å². The third kappa shape index (κ3) is 3.49. The first-order chi connectivity index (χ1) is 11.1. The molecule has 23 heavy (non-hydrogen) atoms. The van der Waals surface area contributed by atoms with Crippen molar-refractivity contribution in [3.8, 4) is 0 Å². The van der Waals surface area contributed by atoms with E-state index in [-0.39, 0.29) is 11.4 Å². The maximum atomic E-state index is 11.8. The van der Waals surface area contributed by atoms with E-state index >= 15 is 0 Å². The molecule has 0 spiro atoms. The lowest BCUT2D eigenvalue weighted by Crippen LogP contribution is -2.24. The fourth-order valence-electron chi connectivity index (χ4n) is 3.34. The smallest absolute Gasteiger partial charge is 0.338 e. The SMILES string of the molecule is C[C@H]1CCC2=C(C=CC=C[C@]1(C)CCc1ccoc1)C(=O)OC2. The molecule has 0 N–H and O–H groups in total. The summed E-state index contributed by atoms with van der Waals surface area (Å²) in [5.74, 6) is 0.349. The molecule has 1 aromatic rings. The number of ether oxygens (including phenoxy) is 1. The van der Waals surface area contributed by atoms with Gasteiger partial charge < -0.3 is 9.15 Å². The van der Waals surface area contributed by atoms with Crippen molar-refractivity contribution in [1.82, 2.24) is 0 Å². The zero-order valence-corrected chi connectivity index (χ0v) is 13.9. The fraction of sp³-hybridized carbons (Fsp3) is 0.450. The number of cyclic esters (lactones) is 1. The minimum Gasteiger partial charge on any atom is -0.472 e. The molecule has 0 saturated carbocycles. The van der Waals surface area contributed by atoms with Crippen LogP contribution in [-0.2, 0) is 16.0 Å². The van der Waals surface area contributed by atoms with E-state index in [4.69, 9.17) is 9.15 Å². The van der Waals surface area contributed by atoms with Gasteiger partial charge in [0, 0.05) is 0 Å². The average molecular weight is 312 g/mol. The van der Waals surface area contributed by atoms with E-state index in [1.54, 1.807) is 6.26 Å². The molecule has 0 bridgehead atoms. The second kappa shape index (κ2) is 6.61. The Labute approximate surface area is 137 Å². The molecule has 0 radical (unpaired) electrons. The number of hydrogen-bond acceptors (Lipinski definition) is 3. The molecule has 1 aliphatic carbocycles. The Bertz CT molecular complexity index is 648. The highest BCUT2D eigenvalue weighted by molar-refractivity contribution is 5.94. The standard InChI is InChI=1S/C20H24O3/c1-15-6-7-17-14-23-19(21)18(17)5-3-4-10-20(15,2)11-8-16-9-12-22-13-16/h3-5,9-10,12-13,15H,6-8,11,14H2,1-2H3/t15-,20+/m0/s1. The second-order valence-electron chi connectivity index (χ2n) is 6.89. The quantitative estimate of drug-likeness (QED) is 0.765. The molecule has 2 aliphatic rings. The summed E-state index contributed by atoms with van der Waals surface area (Å²) in [7, 11) is 0. The fourth-order valence-corrected chi connectivity index (χ4v) is 3.34. The van der Waals surface area contributed by atoms with Crippen molar-refractivity contribution >= 4 is 5.97 Å². The predicted molar refractivity (Wildman–Crippen MR) is 89.8 cm³/mol. The van der Waals surface area contributed by atoms with Crippen molar-refractivity contribution in [3.05, 3.63) is 59.6 Å². The maximum Gasteiger partial charge on any atom is 0.338 e. The first kappa shape index (κ1) is 15.9. The molecule has 1 aliphatic heterocycles. The normalized spacial score (nSPS) is 27.9. The number of hydrogen-bond donors (Lipinski definition) is 0. The lowest BCUT2D eigenvalue weighted by molar-refractivity contribution is -0.135. The highest BCUT2D eigenvalue weighted by Gasteiger charge is 2.30. The van der Waals surface area contributed by atoms with E-state index in [9.17, 15) is 4.79 Å². The molecule has 2 heterocycles. The van der Waals surface area contributed by atoms with Crippen LogP contribution in [0.3, 0.4) is 0 Å². The van der Waals surface area contributed by atoms with Crippen LogP contribution in [0.4, 0.5) is 0 Å². The van der Waals surface area contributed by atoms with Gasteiger partial charge in [-0.25, -0.2) is 4.79 Å². The minimum absolute atomic E-state index is 0.128. The topological polar surface area (TPSA) is 39.4 Å². The van der Waals surface area contributed by atoms with E-state index in [1.807, 2.05) is 24.5 Å². The first-order valence-corrected chi connectivity index (χ1v) is 8.34. The summed E-state index contributed by atoms with van der Waals surface area (Å²) in [4.78, 5) is 11.8. The molecule has 0 fully saturated rings. The number of carbonyl (C=O) groups is 1. The van der Waals surface area contributed by atoms with Crippen molar-refractivity contribution in [2.75, 3.05) is 6.61 Å². The van der Waals surface area contributed by atoms with Gasteiger partial charge in [-0.05, 0) is 60.3 Å². The van der Waals surface area contributed by atoms with Crippen molar-refractivity contribution in [3.63, 3.8) is 0 Å². The number of allylic oxidation sites excluding steroid dienone is 3. The van der Waals surface area contributed by atoms with Crippen molar-refractivity contribution in [1.29, 1.82) is 0 Å². The zero-order chi connectivity index (χ0) is 16.3. The van der Waals surface area contributed by atoms with Gasteiger partial charge in [0.1, 0.15) is 6.61 Å². The van der Waals surface area contributed by atoms with Gasteiger partial charge in [-0.2, -0.15) is 0 Å². The number of furan rings is 1. The summed E-state index contributed by atoms with van der Waals surface area (Å²) in [6.07, 6.45) is 15.9. The van der Waals surface area contributed by atoms with Crippen molar-refractivity contribution < 1.29 is 13.9 Å². The summed E-state index contributed by atoms with van der Waals surface area (Å²) in [6, 6.07) is 2.04. The molecule has 0 amide bonds. The summed E-state index contributed by atoms with van der Waals surface area (Å²) < 4.78 is 10.3. The monoisotopic (exact) mass is 312 g/mol. The van der Waals surface area contributed by atoms with Gasteiger partial charge in [0.15, 0.2) is 0 Å². The highest BCUT2D eigenvalue weighted by Crippen LogP contribution is 2.39. The van der Waals surface area contributed by atoms with E-state index in [1.165, 1.54) is 5.56 Å². The van der Waals surface area contributed by atoms with E-state index in [0.717, 1.165) is 36.8 Å². The van der Waals surface area contributed by atoms with Crippen LogP contribution in [0.15, 0.2) is 58.5 Å². The Hall–Kier alpha value is -2.03. The number of rotatable bonds is 3. The molecular weight excluding hydrogens is 288 g/mol. The van der Waals surface area contributed by atoms with Crippen molar-refractivity contribution in [2.45, 2.75) is 39.5 Å².